The fourth-order valence-corrected chi connectivity index (χ4v) is 4.51. The summed E-state index contributed by atoms with van der Waals surface area (Å²) in [6.07, 6.45) is 5.50. The van der Waals surface area contributed by atoms with Crippen molar-refractivity contribution in [1.82, 2.24) is 9.80 Å². The van der Waals surface area contributed by atoms with Crippen LogP contribution in [0.1, 0.15) is 73.1 Å². The van der Waals surface area contributed by atoms with Crippen molar-refractivity contribution in [1.29, 1.82) is 0 Å². The average Bonchev–Trinajstić information content (AvgIpc) is 3.29. The molecular weight excluding hydrogens is 439 g/mol. The number of hydrogen-bond acceptors (Lipinski definition) is 3. The van der Waals surface area contributed by atoms with Gasteiger partial charge in [-0.3, -0.25) is 14.5 Å². The van der Waals surface area contributed by atoms with E-state index in [9.17, 15) is 9.59 Å². The van der Waals surface area contributed by atoms with Crippen molar-refractivity contribution in [3.63, 3.8) is 0 Å². The molecule has 167 valence electrons. The van der Waals surface area contributed by atoms with E-state index in [4.69, 9.17) is 0 Å². The Morgan fingerprint density at radius 3 is 1.90 bits per heavy atom. The third kappa shape index (κ3) is 9.45. The van der Waals surface area contributed by atoms with Crippen LogP contribution in [0.5, 0.6) is 0 Å². The van der Waals surface area contributed by atoms with E-state index in [-0.39, 0.29) is 44.5 Å². The molecule has 3 fully saturated rings. The van der Waals surface area contributed by atoms with Crippen molar-refractivity contribution in [2.75, 3.05) is 45.8 Å². The molecule has 3 rings (SSSR count). The third-order valence-electron chi connectivity index (χ3n) is 6.16. The number of rotatable bonds is 5. The van der Waals surface area contributed by atoms with Gasteiger partial charge < -0.3 is 10.2 Å². The van der Waals surface area contributed by atoms with E-state index in [1.54, 1.807) is 0 Å². The van der Waals surface area contributed by atoms with Crippen molar-refractivity contribution in [3.05, 3.63) is 5.32 Å². The second-order valence-corrected chi connectivity index (χ2v) is 7.78. The first-order valence-corrected chi connectivity index (χ1v) is 11.8. The van der Waals surface area contributed by atoms with Gasteiger partial charge >= 0.3 is 0 Å². The van der Waals surface area contributed by atoms with Gasteiger partial charge in [0.15, 0.2) is 0 Å². The van der Waals surface area contributed by atoms with Gasteiger partial charge in [-0.1, -0.05) is 41.0 Å². The Hall–Kier alpha value is 0.164. The van der Waals surface area contributed by atoms with Crippen LogP contribution in [-0.2, 0) is 42.3 Å². The molecule has 1 amide bonds. The van der Waals surface area contributed by atoms with Gasteiger partial charge in [0.1, 0.15) is 5.78 Å². The molecule has 0 bridgehead atoms. The number of hydrogen-bond donors (Lipinski definition) is 0. The molecule has 0 aromatic heterocycles. The Labute approximate surface area is 205 Å². The molecule has 1 saturated carbocycles. The van der Waals surface area contributed by atoms with Crippen molar-refractivity contribution < 1.29 is 42.3 Å². The molecule has 2 heterocycles. The molecule has 1 radical (unpaired) electrons. The van der Waals surface area contributed by atoms with E-state index < -0.39 is 0 Å². The van der Waals surface area contributed by atoms with E-state index in [0.29, 0.717) is 18.1 Å². The second-order valence-electron chi connectivity index (χ2n) is 7.78. The SMILES string of the molecule is CC.CC.CCC(=O)C1CCC(C(=O)N2CCN(CC3CC[N-]C3)CC2)CC1.[Y]. The molecule has 3 aliphatic rings. The summed E-state index contributed by atoms with van der Waals surface area (Å²) in [5.74, 6) is 1.83. The quantitative estimate of drug-likeness (QED) is 0.584. The zero-order chi connectivity index (χ0) is 20.9. The Morgan fingerprint density at radius 1 is 0.862 bits per heavy atom. The number of carbonyl (C=O) groups is 2. The first-order chi connectivity index (χ1) is 13.7. The molecule has 1 unspecified atom stereocenters. The molecule has 0 spiro atoms. The number of ketones is 1. The Morgan fingerprint density at radius 2 is 1.41 bits per heavy atom. The molecule has 1 aliphatic carbocycles. The first-order valence-electron chi connectivity index (χ1n) is 11.8. The molecule has 0 aromatic rings. The number of piperazine rings is 1. The molecule has 29 heavy (non-hydrogen) atoms. The summed E-state index contributed by atoms with van der Waals surface area (Å²) in [6.45, 7) is 16.9. The van der Waals surface area contributed by atoms with Crippen LogP contribution in [-0.4, -0.2) is 67.3 Å². The van der Waals surface area contributed by atoms with E-state index >= 15 is 0 Å². The smallest absolute Gasteiger partial charge is 0.225 e. The molecular formula is C23H44N3O2Y-. The summed E-state index contributed by atoms with van der Waals surface area (Å²) in [4.78, 5) is 29.2. The Balaban J connectivity index is 0.00000148. The van der Waals surface area contributed by atoms with Crippen molar-refractivity contribution in [3.8, 4) is 0 Å². The van der Waals surface area contributed by atoms with Gasteiger partial charge in [0.25, 0.3) is 0 Å². The van der Waals surface area contributed by atoms with Crippen LogP contribution in [0.2, 0.25) is 0 Å². The van der Waals surface area contributed by atoms with E-state index in [1.165, 1.54) is 6.42 Å². The summed E-state index contributed by atoms with van der Waals surface area (Å²) < 4.78 is 0. The normalized spacial score (nSPS) is 26.9. The van der Waals surface area contributed by atoms with Crippen LogP contribution >= 0.6 is 0 Å². The Kier molecular flexibility index (Phi) is 16.9. The van der Waals surface area contributed by atoms with Crippen molar-refractivity contribution in [2.45, 2.75) is 73.1 Å². The van der Waals surface area contributed by atoms with Crippen LogP contribution in [0.3, 0.4) is 0 Å². The maximum Gasteiger partial charge on any atom is 0.225 e. The first kappa shape index (κ1) is 29.2. The van der Waals surface area contributed by atoms with Gasteiger partial charge in [-0.2, -0.15) is 0 Å². The number of amides is 1. The van der Waals surface area contributed by atoms with Crippen LogP contribution in [0.25, 0.3) is 5.32 Å². The minimum Gasteiger partial charge on any atom is -0.662 e. The summed E-state index contributed by atoms with van der Waals surface area (Å²) in [7, 11) is 0. The minimum atomic E-state index is 0. The predicted octanol–water partition coefficient (Wildman–Crippen LogP) is 4.36. The number of Topliss-reactive ketones (excluding diaryl/α,β-unsaturated/α-hetero) is 1. The molecule has 2 aliphatic heterocycles. The van der Waals surface area contributed by atoms with Gasteiger partial charge in [-0.05, 0) is 38.1 Å². The molecule has 0 aromatic carbocycles. The van der Waals surface area contributed by atoms with Gasteiger partial charge in [0.2, 0.25) is 5.91 Å². The Bertz CT molecular complexity index is 439. The summed E-state index contributed by atoms with van der Waals surface area (Å²) in [5.41, 5.74) is 0. The predicted molar refractivity (Wildman–Crippen MR) is 118 cm³/mol. The molecule has 5 nitrogen and oxygen atoms in total. The third-order valence-corrected chi connectivity index (χ3v) is 6.16. The molecule has 6 heteroatoms. The summed E-state index contributed by atoms with van der Waals surface area (Å²) in [5, 5.41) is 4.44. The topological polar surface area (TPSA) is 54.7 Å². The molecule has 0 N–H and O–H groups in total. The fraction of sp³-hybridized carbons (Fsp3) is 0.913. The summed E-state index contributed by atoms with van der Waals surface area (Å²) >= 11 is 0. The minimum absolute atomic E-state index is 0. The molecule has 1 atom stereocenters. The van der Waals surface area contributed by atoms with Gasteiger partial charge in [0.05, 0.1) is 0 Å². The average molecular weight is 484 g/mol. The maximum atomic E-state index is 12.8. The zero-order valence-corrected chi connectivity index (χ0v) is 22.5. The second kappa shape index (κ2) is 16.8. The monoisotopic (exact) mass is 483 g/mol. The van der Waals surface area contributed by atoms with Gasteiger partial charge in [-0.15, -0.1) is 13.1 Å². The van der Waals surface area contributed by atoms with Gasteiger partial charge in [0, 0.05) is 77.1 Å². The van der Waals surface area contributed by atoms with Crippen LogP contribution in [0.15, 0.2) is 0 Å². The van der Waals surface area contributed by atoms with Crippen LogP contribution in [0.4, 0.5) is 0 Å². The van der Waals surface area contributed by atoms with E-state index in [1.807, 2.05) is 34.6 Å². The number of carbonyl (C=O) groups excluding carboxylic acids is 2. The number of nitrogens with zero attached hydrogens (tertiary/aromatic N) is 3. The van der Waals surface area contributed by atoms with E-state index in [0.717, 1.165) is 77.4 Å². The fourth-order valence-electron chi connectivity index (χ4n) is 4.51. The maximum absolute atomic E-state index is 12.8. The van der Waals surface area contributed by atoms with Crippen molar-refractivity contribution in [2.24, 2.45) is 17.8 Å². The van der Waals surface area contributed by atoms with Gasteiger partial charge in [-0.25, -0.2) is 0 Å². The largest absolute Gasteiger partial charge is 0.662 e. The zero-order valence-electron chi connectivity index (χ0n) is 19.7. The van der Waals surface area contributed by atoms with Crippen molar-refractivity contribution >= 4 is 11.7 Å². The molecule has 2 saturated heterocycles. The summed E-state index contributed by atoms with van der Waals surface area (Å²) in [6, 6.07) is 0. The standard InChI is InChI=1S/C19H32N3O2.2C2H6.Y/c1-2-18(23)16-3-5-17(6-4-16)19(24)22-11-9-21(10-12-22)14-15-7-8-20-13-15;2*1-2;/h15-17H,2-14H2,1H3;2*1-2H3;/q-1;;;. The van der Waals surface area contributed by atoms with E-state index in [2.05, 4.69) is 15.1 Å². The van der Waals surface area contributed by atoms with Crippen LogP contribution in [0, 0.1) is 17.8 Å². The van der Waals surface area contributed by atoms with Crippen LogP contribution < -0.4 is 0 Å².